The van der Waals surface area contributed by atoms with Crippen molar-refractivity contribution in [3.63, 3.8) is 0 Å². The largest absolute Gasteiger partial charge is 0.337 e. The molecule has 1 aliphatic heterocycles. The number of amides is 1. The zero-order valence-corrected chi connectivity index (χ0v) is 16.8. The molecular formula is C19H29N5OS. The van der Waals surface area contributed by atoms with Gasteiger partial charge in [0, 0.05) is 49.9 Å². The van der Waals surface area contributed by atoms with E-state index in [9.17, 15) is 4.79 Å². The van der Waals surface area contributed by atoms with Gasteiger partial charge in [-0.05, 0) is 39.8 Å². The first-order chi connectivity index (χ1) is 12.6. The molecule has 3 heterocycles. The van der Waals surface area contributed by atoms with Gasteiger partial charge in [-0.2, -0.15) is 0 Å². The number of imidazole rings is 1. The first-order valence-electron chi connectivity index (χ1n) is 9.48. The molecule has 0 aromatic carbocycles. The number of nitrogens with zero attached hydrogens (tertiary/aromatic N) is 5. The Balaban J connectivity index is 1.67. The smallest absolute Gasteiger partial charge is 0.273 e. The second kappa shape index (κ2) is 8.77. The van der Waals surface area contributed by atoms with Crippen LogP contribution in [0.4, 0.5) is 0 Å². The number of likely N-dealkylation sites (tertiary alicyclic amines) is 1. The fourth-order valence-electron chi connectivity index (χ4n) is 3.45. The van der Waals surface area contributed by atoms with Gasteiger partial charge < -0.3 is 14.4 Å². The van der Waals surface area contributed by atoms with Gasteiger partial charge in [0.1, 0.15) is 11.5 Å². The second-order valence-electron chi connectivity index (χ2n) is 7.25. The number of aryl methyl sites for hydroxylation is 1. The third kappa shape index (κ3) is 4.51. The highest BCUT2D eigenvalue weighted by atomic mass is 32.1. The molecule has 0 saturated carbocycles. The average Bonchev–Trinajstić information content (AvgIpc) is 3.29. The molecule has 0 N–H and O–H groups in total. The number of hydrogen-bond acceptors (Lipinski definition) is 5. The standard InChI is InChI=1S/C19H29N5OS/c1-4-6-17-21-16(14-26-17)19(25)24-9-5-7-15(13-24)18-20-8-10-23(18)12-11-22(2)3/h8,10,14-15H,4-7,9,11-13H2,1-3H3/t15-/m1/s1. The first kappa shape index (κ1) is 19.0. The molecule has 3 rings (SSSR count). The fourth-order valence-corrected chi connectivity index (χ4v) is 4.32. The van der Waals surface area contributed by atoms with E-state index in [1.54, 1.807) is 11.3 Å². The molecule has 26 heavy (non-hydrogen) atoms. The first-order valence-corrected chi connectivity index (χ1v) is 10.4. The summed E-state index contributed by atoms with van der Waals surface area (Å²) < 4.78 is 2.24. The van der Waals surface area contributed by atoms with Crippen LogP contribution < -0.4 is 0 Å². The third-order valence-corrected chi connectivity index (χ3v) is 5.75. The highest BCUT2D eigenvalue weighted by Gasteiger charge is 2.29. The Morgan fingerprint density at radius 1 is 1.42 bits per heavy atom. The normalized spacial score (nSPS) is 17.8. The van der Waals surface area contributed by atoms with Gasteiger partial charge in [0.2, 0.25) is 0 Å². The lowest BCUT2D eigenvalue weighted by molar-refractivity contribution is 0.0698. The predicted octanol–water partition coefficient (Wildman–Crippen LogP) is 2.87. The summed E-state index contributed by atoms with van der Waals surface area (Å²) in [5.41, 5.74) is 0.607. The zero-order valence-electron chi connectivity index (χ0n) is 16.0. The van der Waals surface area contributed by atoms with Gasteiger partial charge in [-0.15, -0.1) is 11.3 Å². The summed E-state index contributed by atoms with van der Waals surface area (Å²) >= 11 is 1.60. The minimum atomic E-state index is 0.0692. The summed E-state index contributed by atoms with van der Waals surface area (Å²) in [5.74, 6) is 1.48. The van der Waals surface area contributed by atoms with Crippen molar-refractivity contribution in [2.45, 2.75) is 45.1 Å². The van der Waals surface area contributed by atoms with Gasteiger partial charge in [0.15, 0.2) is 0 Å². The van der Waals surface area contributed by atoms with Crippen molar-refractivity contribution in [2.24, 2.45) is 0 Å². The van der Waals surface area contributed by atoms with Gasteiger partial charge >= 0.3 is 0 Å². The molecular weight excluding hydrogens is 346 g/mol. The Morgan fingerprint density at radius 2 is 2.27 bits per heavy atom. The molecule has 0 spiro atoms. The van der Waals surface area contributed by atoms with E-state index in [1.807, 2.05) is 16.5 Å². The molecule has 2 aromatic heterocycles. The number of carbonyl (C=O) groups excluding carboxylic acids is 1. The maximum Gasteiger partial charge on any atom is 0.273 e. The molecule has 1 fully saturated rings. The van der Waals surface area contributed by atoms with E-state index < -0.39 is 0 Å². The quantitative estimate of drug-likeness (QED) is 0.747. The van der Waals surface area contributed by atoms with Crippen LogP contribution >= 0.6 is 11.3 Å². The van der Waals surface area contributed by atoms with Crippen LogP contribution in [0.1, 0.15) is 53.4 Å². The second-order valence-corrected chi connectivity index (χ2v) is 8.19. The molecule has 0 aliphatic carbocycles. The molecule has 7 heteroatoms. The van der Waals surface area contributed by atoms with Crippen LogP contribution in [-0.4, -0.2) is 64.0 Å². The van der Waals surface area contributed by atoms with E-state index in [0.717, 1.165) is 62.7 Å². The van der Waals surface area contributed by atoms with Crippen LogP contribution in [0.2, 0.25) is 0 Å². The monoisotopic (exact) mass is 375 g/mol. The Morgan fingerprint density at radius 3 is 3.04 bits per heavy atom. The van der Waals surface area contributed by atoms with Crippen LogP contribution in [-0.2, 0) is 13.0 Å². The molecule has 0 bridgehead atoms. The minimum Gasteiger partial charge on any atom is -0.337 e. The van der Waals surface area contributed by atoms with Crippen molar-refractivity contribution in [3.8, 4) is 0 Å². The highest BCUT2D eigenvalue weighted by molar-refractivity contribution is 7.09. The number of likely N-dealkylation sites (N-methyl/N-ethyl adjacent to an activating group) is 1. The predicted molar refractivity (Wildman–Crippen MR) is 105 cm³/mol. The lowest BCUT2D eigenvalue weighted by Crippen LogP contribution is -2.40. The van der Waals surface area contributed by atoms with E-state index in [4.69, 9.17) is 0 Å². The van der Waals surface area contributed by atoms with Crippen molar-refractivity contribution in [1.82, 2.24) is 24.3 Å². The molecule has 0 unspecified atom stereocenters. The summed E-state index contributed by atoms with van der Waals surface area (Å²) in [4.78, 5) is 26.1. The summed E-state index contributed by atoms with van der Waals surface area (Å²) in [6.07, 6.45) is 8.04. The van der Waals surface area contributed by atoms with E-state index in [1.165, 1.54) is 0 Å². The van der Waals surface area contributed by atoms with Crippen LogP contribution in [0.5, 0.6) is 0 Å². The summed E-state index contributed by atoms with van der Waals surface area (Å²) in [6.45, 7) is 5.60. The van der Waals surface area contributed by atoms with E-state index in [-0.39, 0.29) is 5.91 Å². The van der Waals surface area contributed by atoms with Crippen molar-refractivity contribution in [2.75, 3.05) is 33.7 Å². The Labute approximate surface area is 159 Å². The molecule has 1 atom stereocenters. The molecule has 1 amide bonds. The average molecular weight is 376 g/mol. The van der Waals surface area contributed by atoms with Crippen molar-refractivity contribution >= 4 is 17.2 Å². The van der Waals surface area contributed by atoms with Crippen LogP contribution in [0.15, 0.2) is 17.8 Å². The van der Waals surface area contributed by atoms with E-state index in [0.29, 0.717) is 11.6 Å². The number of aromatic nitrogens is 3. The van der Waals surface area contributed by atoms with Crippen molar-refractivity contribution in [3.05, 3.63) is 34.3 Å². The maximum atomic E-state index is 12.9. The van der Waals surface area contributed by atoms with Gasteiger partial charge in [-0.1, -0.05) is 6.92 Å². The third-order valence-electron chi connectivity index (χ3n) is 4.84. The highest BCUT2D eigenvalue weighted by Crippen LogP contribution is 2.27. The summed E-state index contributed by atoms with van der Waals surface area (Å²) in [7, 11) is 4.16. The Bertz CT molecular complexity index is 723. The topological polar surface area (TPSA) is 54.3 Å². The summed E-state index contributed by atoms with van der Waals surface area (Å²) in [6, 6.07) is 0. The molecule has 6 nitrogen and oxygen atoms in total. The number of rotatable bonds is 7. The molecule has 142 valence electrons. The van der Waals surface area contributed by atoms with Crippen LogP contribution in [0, 0.1) is 0 Å². The Kier molecular flexibility index (Phi) is 6.43. The SMILES string of the molecule is CCCc1nc(C(=O)N2CCC[C@@H](c3nccn3CCN(C)C)C2)cs1. The van der Waals surface area contributed by atoms with Gasteiger partial charge in [-0.3, -0.25) is 4.79 Å². The van der Waals surface area contributed by atoms with Gasteiger partial charge in [0.25, 0.3) is 5.91 Å². The summed E-state index contributed by atoms with van der Waals surface area (Å²) in [5, 5.41) is 2.97. The van der Waals surface area contributed by atoms with Crippen LogP contribution in [0.3, 0.4) is 0 Å². The van der Waals surface area contributed by atoms with Crippen molar-refractivity contribution < 1.29 is 4.79 Å². The molecule has 0 radical (unpaired) electrons. The number of thiazole rings is 1. The van der Waals surface area contributed by atoms with E-state index in [2.05, 4.69) is 46.7 Å². The van der Waals surface area contributed by atoms with Crippen molar-refractivity contribution in [1.29, 1.82) is 0 Å². The minimum absolute atomic E-state index is 0.0692. The van der Waals surface area contributed by atoms with E-state index >= 15 is 0 Å². The van der Waals surface area contributed by atoms with Gasteiger partial charge in [-0.25, -0.2) is 9.97 Å². The van der Waals surface area contributed by atoms with Gasteiger partial charge in [0.05, 0.1) is 5.01 Å². The number of hydrogen-bond donors (Lipinski definition) is 0. The number of piperidine rings is 1. The van der Waals surface area contributed by atoms with Crippen LogP contribution in [0.25, 0.3) is 0 Å². The molecule has 1 saturated heterocycles. The Hall–Kier alpha value is -1.73. The molecule has 1 aliphatic rings. The molecule has 2 aromatic rings. The number of carbonyl (C=O) groups is 1. The lowest BCUT2D eigenvalue weighted by atomic mass is 9.97. The zero-order chi connectivity index (χ0) is 18.5. The lowest BCUT2D eigenvalue weighted by Gasteiger charge is -2.32. The maximum absolute atomic E-state index is 12.9. The fraction of sp³-hybridized carbons (Fsp3) is 0.632.